The van der Waals surface area contributed by atoms with Crippen LogP contribution in [0.5, 0.6) is 0 Å². The zero-order valence-electron chi connectivity index (χ0n) is 14.1. The Morgan fingerprint density at radius 2 is 1.86 bits per heavy atom. The largest absolute Gasteiger partial charge is 0.347 e. The number of nitrogens with one attached hydrogen (secondary N) is 1. The molecule has 0 aliphatic carbocycles. The van der Waals surface area contributed by atoms with Gasteiger partial charge >= 0.3 is 0 Å². The van der Waals surface area contributed by atoms with Gasteiger partial charge in [-0.15, -0.1) is 0 Å². The van der Waals surface area contributed by atoms with Gasteiger partial charge in [0.15, 0.2) is 0 Å². The van der Waals surface area contributed by atoms with Crippen LogP contribution in [0, 0.1) is 0 Å². The SMILES string of the molecule is CCCCCCn1ccc2c(CNC(C)(C)C)cccc21. The highest BCUT2D eigenvalue weighted by atomic mass is 15.0. The smallest absolute Gasteiger partial charge is 0.0483 e. The maximum atomic E-state index is 3.59. The molecule has 0 aliphatic heterocycles. The lowest BCUT2D eigenvalue weighted by atomic mass is 10.1. The molecule has 1 aromatic carbocycles. The van der Waals surface area contributed by atoms with Gasteiger partial charge in [-0.05, 0) is 44.9 Å². The molecule has 0 radical (unpaired) electrons. The fourth-order valence-corrected chi connectivity index (χ4v) is 2.71. The number of benzene rings is 1. The molecule has 116 valence electrons. The number of hydrogen-bond donors (Lipinski definition) is 1. The Kier molecular flexibility index (Phi) is 5.46. The summed E-state index contributed by atoms with van der Waals surface area (Å²) >= 11 is 0. The third-order valence-electron chi connectivity index (χ3n) is 3.97. The van der Waals surface area contributed by atoms with E-state index in [4.69, 9.17) is 0 Å². The van der Waals surface area contributed by atoms with Gasteiger partial charge in [-0.3, -0.25) is 0 Å². The van der Waals surface area contributed by atoms with Gasteiger partial charge in [0.2, 0.25) is 0 Å². The van der Waals surface area contributed by atoms with E-state index < -0.39 is 0 Å². The Labute approximate surface area is 129 Å². The number of aryl methyl sites for hydroxylation is 1. The first-order chi connectivity index (χ1) is 10.0. The quantitative estimate of drug-likeness (QED) is 0.700. The molecule has 0 saturated heterocycles. The van der Waals surface area contributed by atoms with E-state index in [9.17, 15) is 0 Å². The first-order valence-corrected chi connectivity index (χ1v) is 8.33. The molecule has 21 heavy (non-hydrogen) atoms. The van der Waals surface area contributed by atoms with E-state index in [0.717, 1.165) is 13.1 Å². The van der Waals surface area contributed by atoms with Gasteiger partial charge in [-0.1, -0.05) is 38.3 Å². The molecule has 2 nitrogen and oxygen atoms in total. The summed E-state index contributed by atoms with van der Waals surface area (Å²) in [6.07, 6.45) is 7.51. The average molecular weight is 286 g/mol. The van der Waals surface area contributed by atoms with Crippen LogP contribution in [0.25, 0.3) is 10.9 Å². The molecule has 2 aromatic rings. The fraction of sp³-hybridized carbons (Fsp3) is 0.579. The number of unbranched alkanes of at least 4 members (excludes halogenated alkanes) is 3. The Morgan fingerprint density at radius 1 is 1.05 bits per heavy atom. The van der Waals surface area contributed by atoms with Gasteiger partial charge in [0.05, 0.1) is 0 Å². The van der Waals surface area contributed by atoms with Crippen LogP contribution in [-0.4, -0.2) is 10.1 Å². The standard InChI is InChI=1S/C19H30N2/c1-5-6-7-8-13-21-14-12-17-16(10-9-11-18(17)21)15-20-19(2,3)4/h9-12,14,20H,5-8,13,15H2,1-4H3. The van der Waals surface area contributed by atoms with Crippen LogP contribution < -0.4 is 5.32 Å². The number of rotatable bonds is 7. The third kappa shape index (κ3) is 4.60. The monoisotopic (exact) mass is 286 g/mol. The van der Waals surface area contributed by atoms with E-state index in [1.54, 1.807) is 0 Å². The van der Waals surface area contributed by atoms with Crippen molar-refractivity contribution in [2.24, 2.45) is 0 Å². The van der Waals surface area contributed by atoms with E-state index in [-0.39, 0.29) is 5.54 Å². The minimum Gasteiger partial charge on any atom is -0.347 e. The van der Waals surface area contributed by atoms with Gasteiger partial charge in [-0.2, -0.15) is 0 Å². The molecule has 0 spiro atoms. The first kappa shape index (κ1) is 16.1. The van der Waals surface area contributed by atoms with Crippen molar-refractivity contribution in [2.75, 3.05) is 0 Å². The Bertz CT molecular complexity index is 560. The van der Waals surface area contributed by atoms with Gasteiger partial charge in [0, 0.05) is 35.7 Å². The van der Waals surface area contributed by atoms with Crippen molar-refractivity contribution in [1.82, 2.24) is 9.88 Å². The zero-order chi connectivity index (χ0) is 15.3. The Hall–Kier alpha value is -1.28. The van der Waals surface area contributed by atoms with Crippen molar-refractivity contribution in [3.05, 3.63) is 36.0 Å². The molecule has 0 saturated carbocycles. The van der Waals surface area contributed by atoms with E-state index >= 15 is 0 Å². The molecule has 1 heterocycles. The molecule has 0 amide bonds. The van der Waals surface area contributed by atoms with E-state index in [2.05, 4.69) is 68.0 Å². The molecular weight excluding hydrogens is 256 g/mol. The van der Waals surface area contributed by atoms with E-state index in [1.807, 2.05) is 0 Å². The van der Waals surface area contributed by atoms with Crippen LogP contribution in [0.15, 0.2) is 30.5 Å². The molecule has 2 heteroatoms. The van der Waals surface area contributed by atoms with Gasteiger partial charge in [0.25, 0.3) is 0 Å². The maximum absolute atomic E-state index is 3.59. The average Bonchev–Trinajstić information content (AvgIpc) is 2.84. The highest BCUT2D eigenvalue weighted by Crippen LogP contribution is 2.21. The number of nitrogens with zero attached hydrogens (tertiary/aromatic N) is 1. The summed E-state index contributed by atoms with van der Waals surface area (Å²) in [6.45, 7) is 11.0. The summed E-state index contributed by atoms with van der Waals surface area (Å²) in [4.78, 5) is 0. The second-order valence-electron chi connectivity index (χ2n) is 7.02. The minimum absolute atomic E-state index is 0.158. The van der Waals surface area contributed by atoms with Gasteiger partial charge in [0.1, 0.15) is 0 Å². The highest BCUT2D eigenvalue weighted by Gasteiger charge is 2.10. The summed E-state index contributed by atoms with van der Waals surface area (Å²) in [5.74, 6) is 0. The van der Waals surface area contributed by atoms with Crippen molar-refractivity contribution in [1.29, 1.82) is 0 Å². The normalized spacial score (nSPS) is 12.2. The topological polar surface area (TPSA) is 17.0 Å². The van der Waals surface area contributed by atoms with Crippen LogP contribution >= 0.6 is 0 Å². The second kappa shape index (κ2) is 7.13. The predicted octanol–water partition coefficient (Wildman–Crippen LogP) is 5.11. The summed E-state index contributed by atoms with van der Waals surface area (Å²) in [6, 6.07) is 8.94. The number of aromatic nitrogens is 1. The van der Waals surface area contributed by atoms with Crippen molar-refractivity contribution in [2.45, 2.75) is 72.0 Å². The van der Waals surface area contributed by atoms with Crippen LogP contribution in [0.1, 0.15) is 58.9 Å². The predicted molar refractivity (Wildman–Crippen MR) is 92.7 cm³/mol. The van der Waals surface area contributed by atoms with Crippen molar-refractivity contribution in [3.8, 4) is 0 Å². The molecule has 0 unspecified atom stereocenters. The molecular formula is C19H30N2. The van der Waals surface area contributed by atoms with Gasteiger partial charge < -0.3 is 9.88 Å². The lowest BCUT2D eigenvalue weighted by molar-refractivity contribution is 0.425. The lowest BCUT2D eigenvalue weighted by Crippen LogP contribution is -2.35. The van der Waals surface area contributed by atoms with Crippen molar-refractivity contribution >= 4 is 10.9 Å². The molecule has 1 N–H and O–H groups in total. The van der Waals surface area contributed by atoms with Crippen LogP contribution in [-0.2, 0) is 13.1 Å². The van der Waals surface area contributed by atoms with Crippen LogP contribution in [0.2, 0.25) is 0 Å². The van der Waals surface area contributed by atoms with Gasteiger partial charge in [-0.25, -0.2) is 0 Å². The molecule has 0 bridgehead atoms. The highest BCUT2D eigenvalue weighted by molar-refractivity contribution is 5.83. The summed E-state index contributed by atoms with van der Waals surface area (Å²) in [5, 5.41) is 4.98. The third-order valence-corrected chi connectivity index (χ3v) is 3.97. The summed E-state index contributed by atoms with van der Waals surface area (Å²) in [7, 11) is 0. The molecule has 0 atom stereocenters. The fourth-order valence-electron chi connectivity index (χ4n) is 2.71. The Balaban J connectivity index is 2.09. The second-order valence-corrected chi connectivity index (χ2v) is 7.02. The van der Waals surface area contributed by atoms with Crippen molar-refractivity contribution in [3.63, 3.8) is 0 Å². The van der Waals surface area contributed by atoms with E-state index in [0.29, 0.717) is 0 Å². The minimum atomic E-state index is 0.158. The van der Waals surface area contributed by atoms with Crippen LogP contribution in [0.4, 0.5) is 0 Å². The lowest BCUT2D eigenvalue weighted by Gasteiger charge is -2.21. The van der Waals surface area contributed by atoms with E-state index in [1.165, 1.54) is 42.1 Å². The Morgan fingerprint density at radius 3 is 2.57 bits per heavy atom. The van der Waals surface area contributed by atoms with Crippen molar-refractivity contribution < 1.29 is 0 Å². The number of hydrogen-bond acceptors (Lipinski definition) is 1. The maximum Gasteiger partial charge on any atom is 0.0483 e. The summed E-state index contributed by atoms with van der Waals surface area (Å²) < 4.78 is 2.41. The molecule has 0 aliphatic rings. The molecule has 1 aromatic heterocycles. The molecule has 0 fully saturated rings. The zero-order valence-corrected chi connectivity index (χ0v) is 14.1. The number of fused-ring (bicyclic) bond motifs is 1. The molecule has 2 rings (SSSR count). The van der Waals surface area contributed by atoms with Crippen LogP contribution in [0.3, 0.4) is 0 Å². The summed E-state index contributed by atoms with van der Waals surface area (Å²) in [5.41, 5.74) is 2.93. The first-order valence-electron chi connectivity index (χ1n) is 8.33.